The number of phenols is 1. The largest absolute Gasteiger partial charge is 0.507 e. The Balaban J connectivity index is 1.48. The average molecular weight is 336 g/mol. The van der Waals surface area contributed by atoms with Gasteiger partial charge in [-0.15, -0.1) is 0 Å². The predicted molar refractivity (Wildman–Crippen MR) is 99.2 cm³/mol. The van der Waals surface area contributed by atoms with Crippen molar-refractivity contribution in [3.8, 4) is 11.5 Å². The fourth-order valence-corrected chi connectivity index (χ4v) is 2.55. The first-order valence-electron chi connectivity index (χ1n) is 8.17. The molecule has 0 aromatic heterocycles. The lowest BCUT2D eigenvalue weighted by Crippen LogP contribution is -2.30. The molecule has 25 heavy (non-hydrogen) atoms. The average Bonchev–Trinajstić information content (AvgIpc) is 2.63. The Labute approximate surface area is 146 Å². The van der Waals surface area contributed by atoms with E-state index in [1.54, 1.807) is 24.3 Å². The van der Waals surface area contributed by atoms with Crippen molar-refractivity contribution >= 4 is 22.5 Å². The number of carbonyl (C=O) groups is 1. The van der Waals surface area contributed by atoms with Crippen LogP contribution in [0.4, 0.5) is 10.5 Å². The highest BCUT2D eigenvalue weighted by molar-refractivity contribution is 6.03. The summed E-state index contributed by atoms with van der Waals surface area (Å²) < 4.78 is 5.58. The van der Waals surface area contributed by atoms with Crippen molar-refractivity contribution in [3.63, 3.8) is 0 Å². The van der Waals surface area contributed by atoms with Gasteiger partial charge < -0.3 is 20.5 Å². The molecule has 0 aliphatic rings. The minimum absolute atomic E-state index is 0.194. The molecular formula is C20H20N2O3. The van der Waals surface area contributed by atoms with Crippen LogP contribution in [0.3, 0.4) is 0 Å². The maximum atomic E-state index is 12.0. The molecule has 3 N–H and O–H groups in total. The van der Waals surface area contributed by atoms with Gasteiger partial charge in [0.15, 0.2) is 0 Å². The smallest absolute Gasteiger partial charge is 0.319 e. The van der Waals surface area contributed by atoms with Gasteiger partial charge in [0.25, 0.3) is 0 Å². The van der Waals surface area contributed by atoms with Gasteiger partial charge in [-0.25, -0.2) is 4.79 Å². The van der Waals surface area contributed by atoms with E-state index in [2.05, 4.69) is 10.6 Å². The number of urea groups is 1. The number of aromatic hydroxyl groups is 1. The van der Waals surface area contributed by atoms with Gasteiger partial charge in [-0.3, -0.25) is 0 Å². The van der Waals surface area contributed by atoms with Crippen LogP contribution in [-0.4, -0.2) is 24.3 Å². The van der Waals surface area contributed by atoms with E-state index in [0.717, 1.165) is 11.1 Å². The number of benzene rings is 3. The second-order valence-electron chi connectivity index (χ2n) is 5.57. The lowest BCUT2D eigenvalue weighted by Gasteiger charge is -2.11. The molecule has 0 aliphatic carbocycles. The van der Waals surface area contributed by atoms with Crippen molar-refractivity contribution in [3.05, 3.63) is 66.7 Å². The fraction of sp³-hybridized carbons (Fsp3) is 0.150. The molecule has 0 fully saturated rings. The van der Waals surface area contributed by atoms with E-state index in [1.165, 1.54) is 0 Å². The number of para-hydroxylation sites is 1. The number of ether oxygens (including phenoxy) is 1. The number of phenolic OH excluding ortho intramolecular Hbond substituents is 1. The summed E-state index contributed by atoms with van der Waals surface area (Å²) in [4.78, 5) is 12.0. The van der Waals surface area contributed by atoms with Crippen LogP contribution in [-0.2, 0) is 0 Å². The Hall–Kier alpha value is -3.21. The number of nitrogens with one attached hydrogen (secondary N) is 2. The van der Waals surface area contributed by atoms with E-state index in [-0.39, 0.29) is 11.8 Å². The summed E-state index contributed by atoms with van der Waals surface area (Å²) in [5, 5.41) is 17.0. The maximum Gasteiger partial charge on any atom is 0.319 e. The van der Waals surface area contributed by atoms with Gasteiger partial charge in [0.05, 0.1) is 12.3 Å². The summed E-state index contributed by atoms with van der Waals surface area (Å²) in [6.45, 7) is 1.04. The van der Waals surface area contributed by atoms with Crippen molar-refractivity contribution in [2.24, 2.45) is 0 Å². The van der Waals surface area contributed by atoms with E-state index in [0.29, 0.717) is 30.6 Å². The zero-order chi connectivity index (χ0) is 17.5. The second-order valence-corrected chi connectivity index (χ2v) is 5.57. The molecule has 0 bridgehead atoms. The fourth-order valence-electron chi connectivity index (χ4n) is 2.55. The lowest BCUT2D eigenvalue weighted by atomic mass is 10.1. The number of hydrogen-bond donors (Lipinski definition) is 3. The van der Waals surface area contributed by atoms with E-state index in [1.807, 2.05) is 42.5 Å². The Morgan fingerprint density at radius 3 is 2.52 bits per heavy atom. The van der Waals surface area contributed by atoms with Gasteiger partial charge in [-0.2, -0.15) is 0 Å². The highest BCUT2D eigenvalue weighted by Crippen LogP contribution is 2.29. The molecule has 0 atom stereocenters. The maximum absolute atomic E-state index is 12.0. The van der Waals surface area contributed by atoms with Crippen molar-refractivity contribution in [1.29, 1.82) is 0 Å². The van der Waals surface area contributed by atoms with Gasteiger partial charge in [0.1, 0.15) is 11.5 Å². The molecule has 128 valence electrons. The zero-order valence-electron chi connectivity index (χ0n) is 13.7. The van der Waals surface area contributed by atoms with Crippen molar-refractivity contribution in [2.45, 2.75) is 6.42 Å². The topological polar surface area (TPSA) is 70.6 Å². The summed E-state index contributed by atoms with van der Waals surface area (Å²) >= 11 is 0. The van der Waals surface area contributed by atoms with Crippen LogP contribution in [0.25, 0.3) is 10.8 Å². The first kappa shape index (κ1) is 16.6. The minimum atomic E-state index is -0.282. The van der Waals surface area contributed by atoms with Gasteiger partial charge in [0, 0.05) is 17.3 Å². The van der Waals surface area contributed by atoms with E-state index in [9.17, 15) is 9.90 Å². The summed E-state index contributed by atoms with van der Waals surface area (Å²) in [7, 11) is 0. The molecule has 0 aliphatic heterocycles. The summed E-state index contributed by atoms with van der Waals surface area (Å²) in [6, 6.07) is 19.9. The zero-order valence-corrected chi connectivity index (χ0v) is 13.7. The molecule has 3 aromatic carbocycles. The third-order valence-corrected chi connectivity index (χ3v) is 3.77. The molecule has 0 saturated heterocycles. The second kappa shape index (κ2) is 8.06. The number of hydrogen-bond acceptors (Lipinski definition) is 3. The monoisotopic (exact) mass is 336 g/mol. The molecule has 3 rings (SSSR count). The van der Waals surface area contributed by atoms with Crippen LogP contribution in [0.5, 0.6) is 11.5 Å². The first-order chi connectivity index (χ1) is 12.2. The van der Waals surface area contributed by atoms with Crippen LogP contribution in [0.1, 0.15) is 6.42 Å². The number of carbonyl (C=O) groups excluding carboxylic acids is 1. The third kappa shape index (κ3) is 4.41. The molecular weight excluding hydrogens is 316 g/mol. The highest BCUT2D eigenvalue weighted by atomic mass is 16.5. The molecule has 2 amide bonds. The molecule has 0 spiro atoms. The lowest BCUT2D eigenvalue weighted by molar-refractivity contribution is 0.250. The molecule has 5 nitrogen and oxygen atoms in total. The van der Waals surface area contributed by atoms with Gasteiger partial charge in [-0.1, -0.05) is 42.5 Å². The highest BCUT2D eigenvalue weighted by Gasteiger charge is 2.07. The number of fused-ring (bicyclic) bond motifs is 1. The van der Waals surface area contributed by atoms with Crippen molar-refractivity contribution < 1.29 is 14.6 Å². The molecule has 0 radical (unpaired) electrons. The number of anilines is 1. The summed E-state index contributed by atoms with van der Waals surface area (Å²) in [5.41, 5.74) is 0.659. The summed E-state index contributed by atoms with van der Waals surface area (Å²) in [6.07, 6.45) is 0.707. The van der Waals surface area contributed by atoms with E-state index in [4.69, 9.17) is 4.74 Å². The SMILES string of the molecule is O=C(NCCCOc1ccccc1)Nc1cccc2c(O)cccc12. The van der Waals surface area contributed by atoms with Gasteiger partial charge >= 0.3 is 6.03 Å². The van der Waals surface area contributed by atoms with Gasteiger partial charge in [-0.05, 0) is 30.7 Å². The van der Waals surface area contributed by atoms with Gasteiger partial charge in [0.2, 0.25) is 0 Å². The van der Waals surface area contributed by atoms with Crippen LogP contribution >= 0.6 is 0 Å². The number of rotatable bonds is 6. The van der Waals surface area contributed by atoms with Crippen molar-refractivity contribution in [2.75, 3.05) is 18.5 Å². The third-order valence-electron chi connectivity index (χ3n) is 3.77. The minimum Gasteiger partial charge on any atom is -0.507 e. The molecule has 0 unspecified atom stereocenters. The molecule has 5 heteroatoms. The normalized spacial score (nSPS) is 10.4. The van der Waals surface area contributed by atoms with Crippen LogP contribution < -0.4 is 15.4 Å². The van der Waals surface area contributed by atoms with E-state index < -0.39 is 0 Å². The Bertz CT molecular complexity index is 850. The number of amides is 2. The van der Waals surface area contributed by atoms with Crippen LogP contribution in [0, 0.1) is 0 Å². The molecule has 0 saturated carbocycles. The Morgan fingerprint density at radius 2 is 1.68 bits per heavy atom. The van der Waals surface area contributed by atoms with Crippen LogP contribution in [0.15, 0.2) is 66.7 Å². The quantitative estimate of drug-likeness (QED) is 0.593. The predicted octanol–water partition coefficient (Wildman–Crippen LogP) is 4.14. The Morgan fingerprint density at radius 1 is 0.920 bits per heavy atom. The summed E-state index contributed by atoms with van der Waals surface area (Å²) in [5.74, 6) is 1.02. The Kier molecular flexibility index (Phi) is 5.36. The standard InChI is InChI=1S/C20H20N2O3/c23-19-12-5-9-16-17(19)10-4-11-18(16)22-20(24)21-13-6-14-25-15-7-2-1-3-8-15/h1-5,7-12,23H,6,13-14H2,(H2,21,22,24). The first-order valence-corrected chi connectivity index (χ1v) is 8.17. The van der Waals surface area contributed by atoms with Crippen LogP contribution in [0.2, 0.25) is 0 Å². The van der Waals surface area contributed by atoms with E-state index >= 15 is 0 Å². The molecule has 0 heterocycles. The molecule has 3 aromatic rings. The van der Waals surface area contributed by atoms with Crippen molar-refractivity contribution in [1.82, 2.24) is 5.32 Å².